The third kappa shape index (κ3) is 4.52. The van der Waals surface area contributed by atoms with E-state index in [0.717, 1.165) is 17.8 Å². The summed E-state index contributed by atoms with van der Waals surface area (Å²) < 4.78 is 0. The van der Waals surface area contributed by atoms with Crippen LogP contribution in [0.15, 0.2) is 48.5 Å². The first kappa shape index (κ1) is 16.4. The number of nitrogens with two attached hydrogens (primary N) is 2. The lowest BCUT2D eigenvalue weighted by Crippen LogP contribution is -2.06. The molecule has 0 saturated carbocycles. The van der Waals surface area contributed by atoms with E-state index in [1.807, 2.05) is 18.2 Å². The maximum atomic E-state index is 6.22. The van der Waals surface area contributed by atoms with E-state index in [1.54, 1.807) is 0 Å². The van der Waals surface area contributed by atoms with Crippen molar-refractivity contribution in [2.45, 2.75) is 51.4 Å². The van der Waals surface area contributed by atoms with Gasteiger partial charge in [-0.3, -0.25) is 0 Å². The minimum atomic E-state index is 0.339. The zero-order chi connectivity index (χ0) is 15.8. The third-order valence-corrected chi connectivity index (χ3v) is 4.28. The van der Waals surface area contributed by atoms with Gasteiger partial charge in [-0.05, 0) is 35.7 Å². The molecule has 118 valence electrons. The number of hydrogen-bond acceptors (Lipinski definition) is 2. The Morgan fingerprint density at radius 3 is 2.32 bits per heavy atom. The van der Waals surface area contributed by atoms with Gasteiger partial charge in [0.05, 0.1) is 0 Å². The molecule has 2 nitrogen and oxygen atoms in total. The maximum absolute atomic E-state index is 6.22. The lowest BCUT2D eigenvalue weighted by Gasteiger charge is -2.20. The van der Waals surface area contributed by atoms with Crippen molar-refractivity contribution < 1.29 is 0 Å². The Balaban J connectivity index is 2.17. The van der Waals surface area contributed by atoms with Crippen LogP contribution >= 0.6 is 0 Å². The van der Waals surface area contributed by atoms with Crippen molar-refractivity contribution in [2.75, 3.05) is 11.5 Å². The maximum Gasteiger partial charge on any atom is 0.0354 e. The Morgan fingerprint density at radius 1 is 0.864 bits per heavy atom. The zero-order valence-corrected chi connectivity index (χ0v) is 13.6. The molecule has 0 aromatic heterocycles. The fourth-order valence-corrected chi connectivity index (χ4v) is 3.03. The highest BCUT2D eigenvalue weighted by Crippen LogP contribution is 2.34. The molecule has 2 aromatic rings. The molecule has 0 spiro atoms. The normalized spacial score (nSPS) is 12.2. The standard InChI is InChI=1S/C20H28N2/c1-2-3-4-5-9-12-18(16-10-7-6-8-11-16)19-15-17(21)13-14-20(19)22/h6-8,10-11,13-15,18H,2-5,9,12,21-22H2,1H3. The molecule has 2 aromatic carbocycles. The lowest BCUT2D eigenvalue weighted by atomic mass is 9.85. The van der Waals surface area contributed by atoms with Gasteiger partial charge in [0.1, 0.15) is 0 Å². The van der Waals surface area contributed by atoms with Crippen LogP contribution in [0.5, 0.6) is 0 Å². The summed E-state index contributed by atoms with van der Waals surface area (Å²) in [4.78, 5) is 0. The average Bonchev–Trinajstić information content (AvgIpc) is 2.54. The highest BCUT2D eigenvalue weighted by molar-refractivity contribution is 5.58. The van der Waals surface area contributed by atoms with Crippen molar-refractivity contribution >= 4 is 11.4 Å². The third-order valence-electron chi connectivity index (χ3n) is 4.28. The molecule has 0 aliphatic heterocycles. The Bertz CT molecular complexity index is 563. The van der Waals surface area contributed by atoms with E-state index in [1.165, 1.54) is 43.2 Å². The summed E-state index contributed by atoms with van der Waals surface area (Å²) in [5.41, 5.74) is 16.3. The Kier molecular flexibility index (Phi) is 6.32. The van der Waals surface area contributed by atoms with Gasteiger partial charge in [0, 0.05) is 17.3 Å². The monoisotopic (exact) mass is 296 g/mol. The van der Waals surface area contributed by atoms with E-state index >= 15 is 0 Å². The van der Waals surface area contributed by atoms with Crippen molar-refractivity contribution in [3.05, 3.63) is 59.7 Å². The quantitative estimate of drug-likeness (QED) is 0.510. The smallest absolute Gasteiger partial charge is 0.0354 e. The molecule has 1 atom stereocenters. The molecule has 0 amide bonds. The van der Waals surface area contributed by atoms with Gasteiger partial charge in [0.25, 0.3) is 0 Å². The molecule has 1 unspecified atom stereocenters. The van der Waals surface area contributed by atoms with E-state index in [2.05, 4.69) is 37.3 Å². The molecule has 0 aliphatic carbocycles. The predicted molar refractivity (Wildman–Crippen MR) is 96.9 cm³/mol. The molecular weight excluding hydrogens is 268 g/mol. The fraction of sp³-hybridized carbons (Fsp3) is 0.400. The summed E-state index contributed by atoms with van der Waals surface area (Å²) in [6.07, 6.45) is 7.58. The van der Waals surface area contributed by atoms with Crippen LogP contribution in [0.1, 0.15) is 62.5 Å². The van der Waals surface area contributed by atoms with Crippen LogP contribution in [0.4, 0.5) is 11.4 Å². The van der Waals surface area contributed by atoms with Gasteiger partial charge in [-0.25, -0.2) is 0 Å². The van der Waals surface area contributed by atoms with E-state index in [0.29, 0.717) is 5.92 Å². The van der Waals surface area contributed by atoms with Crippen LogP contribution < -0.4 is 11.5 Å². The van der Waals surface area contributed by atoms with Crippen LogP contribution in [0.3, 0.4) is 0 Å². The van der Waals surface area contributed by atoms with E-state index in [4.69, 9.17) is 11.5 Å². The highest BCUT2D eigenvalue weighted by atomic mass is 14.6. The molecule has 4 N–H and O–H groups in total. The first-order valence-corrected chi connectivity index (χ1v) is 8.42. The predicted octanol–water partition coefficient (Wildman–Crippen LogP) is 5.34. The van der Waals surface area contributed by atoms with Gasteiger partial charge in [-0.15, -0.1) is 0 Å². The van der Waals surface area contributed by atoms with Crippen molar-refractivity contribution in [1.29, 1.82) is 0 Å². The van der Waals surface area contributed by atoms with Crippen LogP contribution in [0, 0.1) is 0 Å². The first-order chi connectivity index (χ1) is 10.7. The number of unbranched alkanes of at least 4 members (excludes halogenated alkanes) is 4. The number of anilines is 2. The number of rotatable bonds is 8. The van der Waals surface area contributed by atoms with Crippen molar-refractivity contribution in [3.8, 4) is 0 Å². The lowest BCUT2D eigenvalue weighted by molar-refractivity contribution is 0.581. The molecule has 0 fully saturated rings. The zero-order valence-electron chi connectivity index (χ0n) is 13.6. The average molecular weight is 296 g/mol. The van der Waals surface area contributed by atoms with Gasteiger partial charge < -0.3 is 11.5 Å². The summed E-state index contributed by atoms with van der Waals surface area (Å²) in [5, 5.41) is 0. The van der Waals surface area contributed by atoms with Crippen LogP contribution in [-0.2, 0) is 0 Å². The van der Waals surface area contributed by atoms with E-state index in [-0.39, 0.29) is 0 Å². The van der Waals surface area contributed by atoms with Crippen LogP contribution in [0.2, 0.25) is 0 Å². The van der Waals surface area contributed by atoms with Gasteiger partial charge in [0.2, 0.25) is 0 Å². The number of nitrogen functional groups attached to an aromatic ring is 2. The molecule has 2 heteroatoms. The summed E-state index contributed by atoms with van der Waals surface area (Å²) in [7, 11) is 0. The number of benzene rings is 2. The van der Waals surface area contributed by atoms with Crippen molar-refractivity contribution in [3.63, 3.8) is 0 Å². The van der Waals surface area contributed by atoms with Gasteiger partial charge in [0.15, 0.2) is 0 Å². The van der Waals surface area contributed by atoms with Gasteiger partial charge in [-0.1, -0.05) is 69.4 Å². The second-order valence-corrected chi connectivity index (χ2v) is 6.05. The van der Waals surface area contributed by atoms with Crippen LogP contribution in [0.25, 0.3) is 0 Å². The molecule has 0 radical (unpaired) electrons. The molecule has 22 heavy (non-hydrogen) atoms. The summed E-state index contributed by atoms with van der Waals surface area (Å²) in [6.45, 7) is 2.25. The summed E-state index contributed by atoms with van der Waals surface area (Å²) in [5.74, 6) is 0.339. The molecule has 0 saturated heterocycles. The first-order valence-electron chi connectivity index (χ1n) is 8.42. The second kappa shape index (κ2) is 8.47. The summed E-state index contributed by atoms with van der Waals surface area (Å²) in [6, 6.07) is 16.5. The van der Waals surface area contributed by atoms with E-state index in [9.17, 15) is 0 Å². The Hall–Kier alpha value is -1.96. The minimum Gasteiger partial charge on any atom is -0.399 e. The van der Waals surface area contributed by atoms with Crippen molar-refractivity contribution in [2.24, 2.45) is 0 Å². The topological polar surface area (TPSA) is 52.0 Å². The Labute approximate surface area is 134 Å². The van der Waals surface area contributed by atoms with Gasteiger partial charge >= 0.3 is 0 Å². The fourth-order valence-electron chi connectivity index (χ4n) is 3.03. The SMILES string of the molecule is CCCCCCCC(c1ccccc1)c1cc(N)ccc1N. The molecule has 0 aliphatic rings. The van der Waals surface area contributed by atoms with Gasteiger partial charge in [-0.2, -0.15) is 0 Å². The molecule has 0 heterocycles. The minimum absolute atomic E-state index is 0.339. The van der Waals surface area contributed by atoms with Crippen LogP contribution in [-0.4, -0.2) is 0 Å². The number of hydrogen-bond donors (Lipinski definition) is 2. The Morgan fingerprint density at radius 2 is 1.59 bits per heavy atom. The molecule has 2 rings (SSSR count). The summed E-state index contributed by atoms with van der Waals surface area (Å²) >= 11 is 0. The van der Waals surface area contributed by atoms with Crippen molar-refractivity contribution in [1.82, 2.24) is 0 Å². The highest BCUT2D eigenvalue weighted by Gasteiger charge is 2.16. The molecule has 0 bridgehead atoms. The van der Waals surface area contributed by atoms with E-state index < -0.39 is 0 Å². The molecular formula is C20H28N2. The largest absolute Gasteiger partial charge is 0.399 e. The second-order valence-electron chi connectivity index (χ2n) is 6.05.